The molecule has 4 nitrogen and oxygen atoms in total. The van der Waals surface area contributed by atoms with Gasteiger partial charge in [0, 0.05) is 0 Å². The van der Waals surface area contributed by atoms with Gasteiger partial charge in [-0.05, 0) is 19.3 Å². The molecule has 1 saturated carbocycles. The number of hydrogen-bond acceptors (Lipinski definition) is 3. The van der Waals surface area contributed by atoms with E-state index in [1.54, 1.807) is 6.92 Å². The molecule has 1 aliphatic carbocycles. The van der Waals surface area contributed by atoms with Crippen molar-refractivity contribution in [2.75, 3.05) is 0 Å². The maximum Gasteiger partial charge on any atom is 0.321 e. The molecule has 0 spiro atoms. The van der Waals surface area contributed by atoms with Crippen LogP contribution in [-0.2, 0) is 14.6 Å². The average molecular weight is 220 g/mol. The second kappa shape index (κ2) is 4.29. The van der Waals surface area contributed by atoms with E-state index in [1.165, 1.54) is 0 Å². The second-order valence-corrected chi connectivity index (χ2v) is 6.14. The smallest absolute Gasteiger partial charge is 0.321 e. The highest BCUT2D eigenvalue weighted by Gasteiger charge is 2.38. The number of rotatable bonds is 4. The van der Waals surface area contributed by atoms with E-state index in [0.29, 0.717) is 12.8 Å². The third-order valence-corrected chi connectivity index (χ3v) is 5.54. The molecule has 0 radical (unpaired) electrons. The number of sulfone groups is 1. The zero-order valence-electron chi connectivity index (χ0n) is 8.27. The van der Waals surface area contributed by atoms with Crippen molar-refractivity contribution < 1.29 is 18.3 Å². The number of carboxylic acid groups (broad SMARTS) is 1. The topological polar surface area (TPSA) is 71.4 Å². The molecule has 5 heteroatoms. The van der Waals surface area contributed by atoms with Crippen LogP contribution in [0.3, 0.4) is 0 Å². The maximum absolute atomic E-state index is 11.8. The van der Waals surface area contributed by atoms with Crippen LogP contribution >= 0.6 is 0 Å². The highest BCUT2D eigenvalue weighted by atomic mass is 32.2. The van der Waals surface area contributed by atoms with Gasteiger partial charge in [0.1, 0.15) is 0 Å². The molecule has 1 atom stereocenters. The third kappa shape index (κ3) is 2.08. The Labute approximate surface area is 84.2 Å². The van der Waals surface area contributed by atoms with E-state index in [2.05, 4.69) is 0 Å². The van der Waals surface area contributed by atoms with E-state index in [0.717, 1.165) is 12.8 Å². The lowest BCUT2D eigenvalue weighted by atomic mass is 10.3. The Bertz CT molecular complexity index is 301. The number of carbonyl (C=O) groups is 1. The summed E-state index contributed by atoms with van der Waals surface area (Å²) in [6.07, 6.45) is 3.23. The van der Waals surface area contributed by atoms with Crippen molar-refractivity contribution in [3.63, 3.8) is 0 Å². The maximum atomic E-state index is 11.8. The van der Waals surface area contributed by atoms with Gasteiger partial charge in [-0.1, -0.05) is 19.8 Å². The SMILES string of the molecule is CCC(C(=O)O)S(=O)(=O)C1CCCC1. The monoisotopic (exact) mass is 220 g/mol. The lowest BCUT2D eigenvalue weighted by Gasteiger charge is -2.16. The number of aliphatic carboxylic acids is 1. The summed E-state index contributed by atoms with van der Waals surface area (Å²) in [6.45, 7) is 1.60. The summed E-state index contributed by atoms with van der Waals surface area (Å²) >= 11 is 0. The van der Waals surface area contributed by atoms with Crippen LogP contribution in [0.15, 0.2) is 0 Å². The molecule has 0 amide bonds. The standard InChI is InChI=1S/C9H16O4S/c1-2-8(9(10)11)14(12,13)7-5-3-4-6-7/h7-8H,2-6H2,1H3,(H,10,11). The molecule has 0 heterocycles. The summed E-state index contributed by atoms with van der Waals surface area (Å²) in [5.41, 5.74) is 0. The van der Waals surface area contributed by atoms with Gasteiger partial charge in [0.25, 0.3) is 0 Å². The number of carboxylic acids is 1. The minimum absolute atomic E-state index is 0.161. The Morgan fingerprint density at radius 2 is 1.93 bits per heavy atom. The fourth-order valence-corrected chi connectivity index (χ4v) is 4.20. The Kier molecular flexibility index (Phi) is 3.53. The highest BCUT2D eigenvalue weighted by molar-refractivity contribution is 7.93. The molecule has 0 aromatic heterocycles. The van der Waals surface area contributed by atoms with Gasteiger partial charge in [-0.25, -0.2) is 8.42 Å². The number of hydrogen-bond donors (Lipinski definition) is 1. The molecule has 1 N–H and O–H groups in total. The molecule has 0 aromatic carbocycles. The van der Waals surface area contributed by atoms with E-state index in [1.807, 2.05) is 0 Å². The van der Waals surface area contributed by atoms with Gasteiger partial charge in [0.15, 0.2) is 15.1 Å². The molecule has 1 fully saturated rings. The van der Waals surface area contributed by atoms with E-state index >= 15 is 0 Å². The summed E-state index contributed by atoms with van der Waals surface area (Å²) in [7, 11) is -3.45. The predicted molar refractivity (Wildman–Crippen MR) is 52.9 cm³/mol. The molecular formula is C9H16O4S. The van der Waals surface area contributed by atoms with Gasteiger partial charge in [0.2, 0.25) is 0 Å². The van der Waals surface area contributed by atoms with Crippen molar-refractivity contribution in [1.29, 1.82) is 0 Å². The molecular weight excluding hydrogens is 204 g/mol. The van der Waals surface area contributed by atoms with E-state index in [-0.39, 0.29) is 6.42 Å². The van der Waals surface area contributed by atoms with Crippen molar-refractivity contribution >= 4 is 15.8 Å². The normalized spacial score (nSPS) is 20.9. The van der Waals surface area contributed by atoms with Gasteiger partial charge in [-0.15, -0.1) is 0 Å². The van der Waals surface area contributed by atoms with Crippen LogP contribution in [0, 0.1) is 0 Å². The summed E-state index contributed by atoms with van der Waals surface area (Å²) in [4.78, 5) is 10.8. The molecule has 0 aromatic rings. The Balaban J connectivity index is 2.86. The first-order valence-electron chi connectivity index (χ1n) is 4.95. The zero-order chi connectivity index (χ0) is 10.8. The fourth-order valence-electron chi connectivity index (χ4n) is 2.00. The van der Waals surface area contributed by atoms with Crippen molar-refractivity contribution in [1.82, 2.24) is 0 Å². The van der Waals surface area contributed by atoms with Crippen molar-refractivity contribution in [2.24, 2.45) is 0 Å². The lowest BCUT2D eigenvalue weighted by molar-refractivity contribution is -0.136. The molecule has 1 aliphatic rings. The Hall–Kier alpha value is -0.580. The summed E-state index contributed by atoms with van der Waals surface area (Å²) in [6, 6.07) is 0. The molecule has 1 unspecified atom stereocenters. The van der Waals surface area contributed by atoms with E-state index in [4.69, 9.17) is 5.11 Å². The van der Waals surface area contributed by atoms with Crippen LogP contribution < -0.4 is 0 Å². The van der Waals surface area contributed by atoms with Crippen LogP contribution in [-0.4, -0.2) is 30.0 Å². The fraction of sp³-hybridized carbons (Fsp3) is 0.889. The van der Waals surface area contributed by atoms with Gasteiger partial charge >= 0.3 is 5.97 Å². The molecule has 82 valence electrons. The molecule has 0 saturated heterocycles. The Morgan fingerprint density at radius 1 is 1.43 bits per heavy atom. The zero-order valence-corrected chi connectivity index (χ0v) is 9.09. The highest BCUT2D eigenvalue weighted by Crippen LogP contribution is 2.28. The quantitative estimate of drug-likeness (QED) is 0.773. The van der Waals surface area contributed by atoms with Crippen LogP contribution in [0.2, 0.25) is 0 Å². The van der Waals surface area contributed by atoms with Crippen molar-refractivity contribution in [3.8, 4) is 0 Å². The van der Waals surface area contributed by atoms with Gasteiger partial charge < -0.3 is 5.11 Å². The van der Waals surface area contributed by atoms with Crippen molar-refractivity contribution in [2.45, 2.75) is 49.5 Å². The molecule has 0 aliphatic heterocycles. The van der Waals surface area contributed by atoms with Crippen LogP contribution in [0.5, 0.6) is 0 Å². The lowest BCUT2D eigenvalue weighted by Crippen LogP contribution is -2.36. The summed E-state index contributed by atoms with van der Waals surface area (Å²) < 4.78 is 23.6. The summed E-state index contributed by atoms with van der Waals surface area (Å²) in [5.74, 6) is -1.21. The van der Waals surface area contributed by atoms with Crippen molar-refractivity contribution in [3.05, 3.63) is 0 Å². The molecule has 1 rings (SSSR count). The van der Waals surface area contributed by atoms with Gasteiger partial charge in [0.05, 0.1) is 5.25 Å². The van der Waals surface area contributed by atoms with Gasteiger partial charge in [-0.3, -0.25) is 4.79 Å². The average Bonchev–Trinajstić information content (AvgIpc) is 2.55. The second-order valence-electron chi connectivity index (χ2n) is 3.73. The first-order valence-corrected chi connectivity index (χ1v) is 6.56. The van der Waals surface area contributed by atoms with E-state index < -0.39 is 26.3 Å². The molecule has 14 heavy (non-hydrogen) atoms. The summed E-state index contributed by atoms with van der Waals surface area (Å²) in [5, 5.41) is 7.17. The minimum atomic E-state index is -3.45. The molecule has 0 bridgehead atoms. The Morgan fingerprint density at radius 3 is 2.29 bits per heavy atom. The third-order valence-electron chi connectivity index (χ3n) is 2.81. The first kappa shape index (κ1) is 11.5. The minimum Gasteiger partial charge on any atom is -0.480 e. The van der Waals surface area contributed by atoms with Gasteiger partial charge in [-0.2, -0.15) is 0 Å². The predicted octanol–water partition coefficient (Wildman–Crippen LogP) is 1.21. The van der Waals surface area contributed by atoms with Crippen LogP contribution in [0.25, 0.3) is 0 Å². The van der Waals surface area contributed by atoms with Crippen LogP contribution in [0.1, 0.15) is 39.0 Å². The largest absolute Gasteiger partial charge is 0.480 e. The first-order chi connectivity index (χ1) is 6.50. The van der Waals surface area contributed by atoms with E-state index in [9.17, 15) is 13.2 Å². The van der Waals surface area contributed by atoms with Crippen LogP contribution in [0.4, 0.5) is 0 Å².